The lowest BCUT2D eigenvalue weighted by molar-refractivity contribution is -0.274. The number of rotatable bonds is 5. The lowest BCUT2D eigenvalue weighted by atomic mass is 9.89. The van der Waals surface area contributed by atoms with Gasteiger partial charge in [-0.25, -0.2) is 4.79 Å². The van der Waals surface area contributed by atoms with Crippen LogP contribution in [-0.2, 0) is 6.54 Å². The number of amides is 2. The van der Waals surface area contributed by atoms with Gasteiger partial charge in [-0.1, -0.05) is 37.5 Å². The van der Waals surface area contributed by atoms with Gasteiger partial charge in [0.15, 0.2) is 0 Å². The van der Waals surface area contributed by atoms with Gasteiger partial charge in [-0.2, -0.15) is 0 Å². The van der Waals surface area contributed by atoms with Crippen LogP contribution in [0.1, 0.15) is 37.7 Å². The molecule has 2 N–H and O–H groups in total. The third-order valence-electron chi connectivity index (χ3n) is 3.91. The summed E-state index contributed by atoms with van der Waals surface area (Å²) in [5, 5.41) is 5.34. The molecule has 0 unspecified atom stereocenters. The molecule has 7 heteroatoms. The number of alkyl halides is 3. The number of carbonyl (C=O) groups is 1. The topological polar surface area (TPSA) is 50.4 Å². The Kier molecular flexibility index (Phi) is 6.12. The Balaban J connectivity index is 1.79. The Morgan fingerprint density at radius 1 is 1.13 bits per heavy atom. The summed E-state index contributed by atoms with van der Waals surface area (Å²) < 4.78 is 40.9. The van der Waals surface area contributed by atoms with Crippen molar-refractivity contribution in [1.82, 2.24) is 10.6 Å². The van der Waals surface area contributed by atoms with Crippen LogP contribution < -0.4 is 15.4 Å². The molecule has 1 fully saturated rings. The number of para-hydroxylation sites is 1. The molecule has 2 rings (SSSR count). The standard InChI is InChI=1S/C16H21F3N2O2/c17-16(18,19)23-14-9-5-4-8-13(14)11-21-15(22)20-10-12-6-2-1-3-7-12/h4-5,8-9,12H,1-3,6-7,10-11H2,(H2,20,21,22). The van der Waals surface area contributed by atoms with Gasteiger partial charge in [-0.15, -0.1) is 13.2 Å². The molecular formula is C16H21F3N2O2. The van der Waals surface area contributed by atoms with Crippen molar-refractivity contribution < 1.29 is 22.7 Å². The minimum absolute atomic E-state index is 0.0250. The van der Waals surface area contributed by atoms with Crippen molar-refractivity contribution in [2.24, 2.45) is 5.92 Å². The van der Waals surface area contributed by atoms with Crippen LogP contribution in [0.25, 0.3) is 0 Å². The van der Waals surface area contributed by atoms with Crippen LogP contribution in [0.4, 0.5) is 18.0 Å². The Morgan fingerprint density at radius 3 is 2.52 bits per heavy atom. The van der Waals surface area contributed by atoms with Crippen LogP contribution in [0, 0.1) is 5.92 Å². The second-order valence-electron chi connectivity index (χ2n) is 5.72. The molecule has 128 valence electrons. The normalized spacial score (nSPS) is 16.0. The monoisotopic (exact) mass is 330 g/mol. The second kappa shape index (κ2) is 8.08. The summed E-state index contributed by atoms with van der Waals surface area (Å²) in [5.41, 5.74) is 0.276. The summed E-state index contributed by atoms with van der Waals surface area (Å²) in [6.07, 6.45) is 1.11. The van der Waals surface area contributed by atoms with E-state index in [1.807, 2.05) is 0 Å². The Morgan fingerprint density at radius 2 is 1.83 bits per heavy atom. The summed E-state index contributed by atoms with van der Waals surface area (Å²) in [4.78, 5) is 11.8. The fourth-order valence-corrected chi connectivity index (χ4v) is 2.74. The van der Waals surface area contributed by atoms with E-state index in [1.165, 1.54) is 37.5 Å². The van der Waals surface area contributed by atoms with Gasteiger partial charge in [0.1, 0.15) is 5.75 Å². The molecule has 2 amide bonds. The predicted octanol–water partition coefficient (Wildman–Crippen LogP) is 3.96. The van der Waals surface area contributed by atoms with Crippen molar-refractivity contribution in [2.45, 2.75) is 45.0 Å². The number of carbonyl (C=O) groups excluding carboxylic acids is 1. The molecule has 1 aliphatic rings. The van der Waals surface area contributed by atoms with Gasteiger partial charge in [0, 0.05) is 18.7 Å². The van der Waals surface area contributed by atoms with Crippen molar-refractivity contribution in [2.75, 3.05) is 6.54 Å². The van der Waals surface area contributed by atoms with E-state index < -0.39 is 6.36 Å². The van der Waals surface area contributed by atoms with E-state index in [0.717, 1.165) is 12.8 Å². The molecule has 1 aromatic rings. The zero-order chi connectivity index (χ0) is 16.7. The Hall–Kier alpha value is -1.92. The number of hydrogen-bond acceptors (Lipinski definition) is 2. The summed E-state index contributed by atoms with van der Waals surface area (Å²) in [7, 11) is 0. The first-order valence-corrected chi connectivity index (χ1v) is 7.79. The van der Waals surface area contributed by atoms with E-state index >= 15 is 0 Å². The van der Waals surface area contributed by atoms with Crippen molar-refractivity contribution in [3.8, 4) is 5.75 Å². The number of urea groups is 1. The minimum atomic E-state index is -4.75. The maximum absolute atomic E-state index is 12.3. The largest absolute Gasteiger partial charge is 0.573 e. The van der Waals surface area contributed by atoms with Crippen LogP contribution in [0.15, 0.2) is 24.3 Å². The number of nitrogens with one attached hydrogen (secondary N) is 2. The average Bonchev–Trinajstić information content (AvgIpc) is 2.51. The SMILES string of the molecule is O=C(NCc1ccccc1OC(F)(F)F)NCC1CCCCC1. The molecule has 0 aliphatic heterocycles. The zero-order valence-corrected chi connectivity index (χ0v) is 12.8. The first-order chi connectivity index (χ1) is 10.9. The molecule has 0 radical (unpaired) electrons. The number of hydrogen-bond donors (Lipinski definition) is 2. The van der Waals surface area contributed by atoms with E-state index in [4.69, 9.17) is 0 Å². The Bertz CT molecular complexity index is 514. The molecule has 0 atom stereocenters. The molecule has 0 aromatic heterocycles. The fourth-order valence-electron chi connectivity index (χ4n) is 2.74. The van der Waals surface area contributed by atoms with Crippen molar-refractivity contribution in [3.05, 3.63) is 29.8 Å². The van der Waals surface area contributed by atoms with Gasteiger partial charge < -0.3 is 15.4 Å². The summed E-state index contributed by atoms with van der Waals surface area (Å²) in [6.45, 7) is 0.579. The fraction of sp³-hybridized carbons (Fsp3) is 0.562. The maximum Gasteiger partial charge on any atom is 0.573 e. The van der Waals surface area contributed by atoms with Gasteiger partial charge in [0.2, 0.25) is 0 Å². The molecular weight excluding hydrogens is 309 g/mol. The number of halogens is 3. The molecule has 0 spiro atoms. The summed E-state index contributed by atoms with van der Waals surface area (Å²) >= 11 is 0. The highest BCUT2D eigenvalue weighted by atomic mass is 19.4. The third kappa shape index (κ3) is 6.38. The number of ether oxygens (including phenoxy) is 1. The molecule has 1 aromatic carbocycles. The van der Waals surface area contributed by atoms with Crippen molar-refractivity contribution in [1.29, 1.82) is 0 Å². The lowest BCUT2D eigenvalue weighted by Gasteiger charge is -2.21. The first-order valence-electron chi connectivity index (χ1n) is 7.79. The van der Waals surface area contributed by atoms with Crippen LogP contribution >= 0.6 is 0 Å². The van der Waals surface area contributed by atoms with Gasteiger partial charge >= 0.3 is 12.4 Å². The molecule has 0 bridgehead atoms. The molecule has 0 heterocycles. The van der Waals surface area contributed by atoms with Crippen LogP contribution in [0.2, 0.25) is 0 Å². The van der Waals surface area contributed by atoms with E-state index in [0.29, 0.717) is 12.5 Å². The molecule has 23 heavy (non-hydrogen) atoms. The highest BCUT2D eigenvalue weighted by Gasteiger charge is 2.31. The van der Waals surface area contributed by atoms with Crippen molar-refractivity contribution >= 4 is 6.03 Å². The molecule has 0 saturated heterocycles. The zero-order valence-electron chi connectivity index (χ0n) is 12.8. The third-order valence-corrected chi connectivity index (χ3v) is 3.91. The quantitative estimate of drug-likeness (QED) is 0.858. The van der Waals surface area contributed by atoms with E-state index in [9.17, 15) is 18.0 Å². The summed E-state index contributed by atoms with van der Waals surface area (Å²) in [5.74, 6) is 0.197. The number of benzene rings is 1. The van der Waals surface area contributed by atoms with E-state index in [2.05, 4.69) is 15.4 Å². The van der Waals surface area contributed by atoms with Gasteiger partial charge in [-0.05, 0) is 24.8 Å². The average molecular weight is 330 g/mol. The van der Waals surface area contributed by atoms with Gasteiger partial charge in [-0.3, -0.25) is 0 Å². The van der Waals surface area contributed by atoms with Crippen molar-refractivity contribution in [3.63, 3.8) is 0 Å². The maximum atomic E-state index is 12.3. The van der Waals surface area contributed by atoms with E-state index in [-0.39, 0.29) is 23.9 Å². The Labute approximate surface area is 133 Å². The predicted molar refractivity (Wildman–Crippen MR) is 79.9 cm³/mol. The molecule has 1 saturated carbocycles. The minimum Gasteiger partial charge on any atom is -0.405 e. The second-order valence-corrected chi connectivity index (χ2v) is 5.72. The summed E-state index contributed by atoms with van der Waals surface area (Å²) in [6, 6.07) is 5.39. The van der Waals surface area contributed by atoms with Gasteiger partial charge in [0.25, 0.3) is 0 Å². The van der Waals surface area contributed by atoms with Crippen LogP contribution in [-0.4, -0.2) is 18.9 Å². The molecule has 1 aliphatic carbocycles. The van der Waals surface area contributed by atoms with Crippen LogP contribution in [0.5, 0.6) is 5.75 Å². The highest BCUT2D eigenvalue weighted by Crippen LogP contribution is 2.26. The first kappa shape index (κ1) is 17.4. The van der Waals surface area contributed by atoms with Crippen LogP contribution in [0.3, 0.4) is 0 Å². The lowest BCUT2D eigenvalue weighted by Crippen LogP contribution is -2.38. The van der Waals surface area contributed by atoms with E-state index in [1.54, 1.807) is 6.07 Å². The smallest absolute Gasteiger partial charge is 0.405 e. The molecule has 4 nitrogen and oxygen atoms in total. The van der Waals surface area contributed by atoms with Gasteiger partial charge in [0.05, 0.1) is 0 Å². The highest BCUT2D eigenvalue weighted by molar-refractivity contribution is 5.73.